The van der Waals surface area contributed by atoms with Crippen molar-refractivity contribution in [2.45, 2.75) is 19.6 Å². The second-order valence-corrected chi connectivity index (χ2v) is 22.9. The fourth-order valence-corrected chi connectivity index (χ4v) is 10.4. The maximum Gasteiger partial charge on any atom is 1.00 e. The minimum atomic E-state index is -5.06. The zero-order chi connectivity index (χ0) is 64.8. The standard InChI is InChI=1S/2C26H18N4O12S2.4Na/c2*31-21-7-3-13(9-19(21)25(33)34)27-29-15-1-5-17(23(11-15)43(37,38)39)18-6-2-16(12-24(18)44(40,41)42)30-28-14-4-8-22(32)20(10-14)26(35)36;;;;/h2*1-12,31-32H,(H,33,34)(H,35,36)(H,37,38,39)(H,40,41,42);;;;/q;;4*+1/p-4. The third-order valence-electron chi connectivity index (χ3n) is 11.5. The van der Waals surface area contributed by atoms with Crippen molar-refractivity contribution >= 4 is 110 Å². The van der Waals surface area contributed by atoms with E-state index < -0.39 is 129 Å². The van der Waals surface area contributed by atoms with E-state index in [0.717, 1.165) is 97.1 Å². The van der Waals surface area contributed by atoms with E-state index in [1.165, 1.54) is 48.5 Å². The molecule has 0 bridgehead atoms. The maximum atomic E-state index is 12.3. The summed E-state index contributed by atoms with van der Waals surface area (Å²) in [5.74, 6) is -9.11. The van der Waals surface area contributed by atoms with Crippen LogP contribution in [0, 0.1) is 0 Å². The molecule has 8 N–H and O–H groups in total. The van der Waals surface area contributed by atoms with Gasteiger partial charge in [-0.25, -0.2) is 0 Å². The fraction of sp³-hybridized carbons (Fsp3) is 0. The average molecular weight is 1370 g/mol. The second kappa shape index (κ2) is 32.6. The molecule has 0 aliphatic rings. The Labute approximate surface area is 606 Å². The van der Waals surface area contributed by atoms with Gasteiger partial charge in [-0.3, -0.25) is 18.2 Å². The van der Waals surface area contributed by atoms with Crippen molar-refractivity contribution in [3.05, 3.63) is 168 Å². The Bertz CT molecular complexity index is 4250. The van der Waals surface area contributed by atoms with Gasteiger partial charge in [0, 0.05) is 44.5 Å². The van der Waals surface area contributed by atoms with Crippen molar-refractivity contribution < 1.29 is 230 Å². The topological polar surface area (TPSA) is 558 Å². The molecule has 0 fully saturated rings. The van der Waals surface area contributed by atoms with Crippen LogP contribution in [0.4, 0.5) is 45.5 Å². The van der Waals surface area contributed by atoms with Crippen molar-refractivity contribution in [3.8, 4) is 45.3 Å². The number of carbonyl (C=O) groups is 4. The first kappa shape index (κ1) is 79.1. The number of rotatable bonds is 18. The number of aromatic hydroxyl groups is 4. The van der Waals surface area contributed by atoms with Crippen molar-refractivity contribution in [1.29, 1.82) is 0 Å². The van der Waals surface area contributed by atoms with Gasteiger partial charge in [0.1, 0.15) is 42.6 Å². The third-order valence-corrected chi connectivity index (χ3v) is 15.1. The molecular formula is C52H32N8Na4O24S4. The maximum absolute atomic E-state index is 12.3. The van der Waals surface area contributed by atoms with Crippen molar-refractivity contribution in [1.82, 2.24) is 0 Å². The molecule has 0 aliphatic heterocycles. The van der Waals surface area contributed by atoms with E-state index in [9.17, 15) is 112 Å². The van der Waals surface area contributed by atoms with Gasteiger partial charge >= 0.3 is 118 Å². The molecule has 0 saturated heterocycles. The van der Waals surface area contributed by atoms with E-state index in [-0.39, 0.29) is 186 Å². The summed E-state index contributed by atoms with van der Waals surface area (Å²) < 4.78 is 138. The van der Waals surface area contributed by atoms with Crippen LogP contribution in [0.15, 0.2) is 206 Å². The molecule has 92 heavy (non-hydrogen) atoms. The van der Waals surface area contributed by atoms with E-state index in [4.69, 9.17) is 0 Å². The number of carboxylic acids is 4. The molecule has 0 heterocycles. The summed E-state index contributed by atoms with van der Waals surface area (Å²) in [7, 11) is -20.2. The van der Waals surface area contributed by atoms with E-state index >= 15 is 0 Å². The molecular weight excluding hydrogens is 1340 g/mol. The fourth-order valence-electron chi connectivity index (χ4n) is 7.50. The number of hydrogen-bond donors (Lipinski definition) is 8. The van der Waals surface area contributed by atoms with Crippen LogP contribution in [0.3, 0.4) is 0 Å². The number of carbonyl (C=O) groups excluding carboxylic acids is 4. The number of benzene rings is 8. The zero-order valence-electron chi connectivity index (χ0n) is 47.2. The number of azo groups is 4. The van der Waals surface area contributed by atoms with Crippen LogP contribution in [0.1, 0.15) is 41.4 Å². The van der Waals surface area contributed by atoms with Crippen LogP contribution in [-0.2, 0) is 40.5 Å². The number of phenols is 4. The molecule has 452 valence electrons. The van der Waals surface area contributed by atoms with E-state index in [1.54, 1.807) is 0 Å². The van der Waals surface area contributed by atoms with Crippen LogP contribution >= 0.6 is 0 Å². The van der Waals surface area contributed by atoms with Crippen molar-refractivity contribution in [2.75, 3.05) is 0 Å². The smallest absolute Gasteiger partial charge is 0.545 e. The largest absolute Gasteiger partial charge is 1.00 e. The van der Waals surface area contributed by atoms with E-state index in [0.29, 0.717) is 0 Å². The Kier molecular flexibility index (Phi) is 28.1. The number of carboxylic acid groups (broad SMARTS) is 4. The summed E-state index contributed by atoms with van der Waals surface area (Å²) in [4.78, 5) is 41.1. The van der Waals surface area contributed by atoms with E-state index in [2.05, 4.69) is 40.9 Å². The number of hydrogen-bond acceptors (Lipinski definition) is 28. The van der Waals surface area contributed by atoms with E-state index in [1.807, 2.05) is 0 Å². The molecule has 8 rings (SSSR count). The first-order valence-electron chi connectivity index (χ1n) is 23.4. The Morgan fingerprint density at radius 2 is 0.402 bits per heavy atom. The molecule has 0 amide bonds. The normalized spacial score (nSPS) is 11.6. The minimum absolute atomic E-state index is 0. The average Bonchev–Trinajstić information content (AvgIpc) is 0.813. The minimum Gasteiger partial charge on any atom is -0.545 e. The number of aromatic carboxylic acids is 4. The van der Waals surface area contributed by atoms with Crippen LogP contribution < -0.4 is 139 Å². The first-order valence-corrected chi connectivity index (χ1v) is 29.2. The van der Waals surface area contributed by atoms with Crippen LogP contribution in [0.2, 0.25) is 0 Å². The Morgan fingerprint density at radius 3 is 0.543 bits per heavy atom. The molecule has 8 aromatic carbocycles. The van der Waals surface area contributed by atoms with Gasteiger partial charge in [-0.2, -0.15) is 74.6 Å². The summed E-state index contributed by atoms with van der Waals surface area (Å²) in [5.41, 5.74) is -4.89. The van der Waals surface area contributed by atoms with Crippen molar-refractivity contribution in [3.63, 3.8) is 0 Å². The van der Waals surface area contributed by atoms with Gasteiger partial charge in [0.25, 0.3) is 40.5 Å². The molecule has 0 spiro atoms. The Morgan fingerprint density at radius 1 is 0.261 bits per heavy atom. The summed E-state index contributed by atoms with van der Waals surface area (Å²) in [6, 6.07) is 24.9. The molecule has 32 nitrogen and oxygen atoms in total. The van der Waals surface area contributed by atoms with Gasteiger partial charge in [-0.1, -0.05) is 24.3 Å². The summed E-state index contributed by atoms with van der Waals surface area (Å²) in [6.45, 7) is 0. The first-order chi connectivity index (χ1) is 41.1. The molecule has 40 heteroatoms. The summed E-state index contributed by atoms with van der Waals surface area (Å²) >= 11 is 0. The quantitative estimate of drug-likeness (QED) is 0.0225. The van der Waals surface area contributed by atoms with Crippen molar-refractivity contribution in [2.24, 2.45) is 40.9 Å². The SMILES string of the molecule is O=C([O-])c1cc(N=Nc2ccc(-c3ccc(N=Nc4ccc(O)c(C(=O)[O-])c4)cc3S(=O)(=O)O)c(S(=O)(=O)O)c2)ccc1O.O=C([O-])c1cc(N=Nc2ccc(-c3ccc(N=Nc4ccc(O)c(C(=O)[O-])c4)cc3S(=O)(=O)O)c(S(=O)(=O)O)c2)ccc1O.[Na+].[Na+].[Na+].[Na+]. The zero-order valence-corrected chi connectivity index (χ0v) is 58.4. The predicted octanol–water partition coefficient (Wildman–Crippen LogP) is -6.35. The predicted molar refractivity (Wildman–Crippen MR) is 289 cm³/mol. The van der Waals surface area contributed by atoms with Crippen LogP contribution in [0.25, 0.3) is 22.3 Å². The number of nitrogens with zero attached hydrogens (tertiary/aromatic N) is 8. The van der Waals surface area contributed by atoms with Gasteiger partial charge in [0.2, 0.25) is 0 Å². The summed E-state index contributed by atoms with van der Waals surface area (Å²) in [5, 5.41) is 113. The van der Waals surface area contributed by atoms with Gasteiger partial charge in [-0.15, -0.1) is 0 Å². The molecule has 0 saturated carbocycles. The molecule has 0 aromatic heterocycles. The Hall–Kier alpha value is -7.12. The van der Waals surface area contributed by atoms with Gasteiger partial charge in [0.15, 0.2) is 0 Å². The van der Waals surface area contributed by atoms with Gasteiger partial charge in [0.05, 0.1) is 69.4 Å². The summed E-state index contributed by atoms with van der Waals surface area (Å²) in [6.07, 6.45) is 0. The second-order valence-electron chi connectivity index (χ2n) is 17.4. The third kappa shape index (κ3) is 20.4. The van der Waals surface area contributed by atoms with Crippen LogP contribution in [-0.4, -0.2) is 96.2 Å². The van der Waals surface area contributed by atoms with Gasteiger partial charge in [-0.05, 0) is 121 Å². The van der Waals surface area contributed by atoms with Crippen LogP contribution in [0.5, 0.6) is 23.0 Å². The molecule has 0 atom stereocenters. The van der Waals surface area contributed by atoms with Gasteiger partial charge < -0.3 is 60.0 Å². The Balaban J connectivity index is 0.000000460. The molecule has 0 unspecified atom stereocenters. The molecule has 0 aliphatic carbocycles. The molecule has 0 radical (unpaired) electrons. The molecule has 8 aromatic rings. The monoisotopic (exact) mass is 1370 g/mol.